The first-order valence-corrected chi connectivity index (χ1v) is 8.39. The average Bonchev–Trinajstić information content (AvgIpc) is 3.06. The summed E-state index contributed by atoms with van der Waals surface area (Å²) in [5, 5.41) is 43.5. The smallest absolute Gasteiger partial charge is 0.320 e. The Bertz CT molecular complexity index is 456. The zero-order chi connectivity index (χ0) is 21.2. The van der Waals surface area contributed by atoms with E-state index in [9.17, 15) is 24.0 Å². The third-order valence-corrected chi connectivity index (χ3v) is 3.17. The molecule has 0 spiro atoms. The Labute approximate surface area is 156 Å². The van der Waals surface area contributed by atoms with Gasteiger partial charge in [-0.1, -0.05) is 0 Å². The molecule has 0 unspecified atom stereocenters. The summed E-state index contributed by atoms with van der Waals surface area (Å²) in [4.78, 5) is 49.5. The summed E-state index contributed by atoms with van der Waals surface area (Å²) in [7, 11) is 0. The van der Waals surface area contributed by atoms with Crippen molar-refractivity contribution in [2.45, 2.75) is 63.8 Å². The molecule has 1 aliphatic heterocycles. The Hall–Kier alpha value is -2.69. The van der Waals surface area contributed by atoms with Crippen LogP contribution in [0.15, 0.2) is 0 Å². The minimum atomic E-state index is -0.948. The summed E-state index contributed by atoms with van der Waals surface area (Å²) >= 11 is 0. The van der Waals surface area contributed by atoms with Crippen molar-refractivity contribution in [3.63, 3.8) is 0 Å². The van der Waals surface area contributed by atoms with Crippen molar-refractivity contribution in [3.8, 4) is 0 Å². The van der Waals surface area contributed by atoms with Crippen molar-refractivity contribution in [1.29, 1.82) is 0 Å². The van der Waals surface area contributed by atoms with E-state index in [1.165, 1.54) is 0 Å². The summed E-state index contributed by atoms with van der Waals surface area (Å²) in [6.07, 6.45) is 2.89. The van der Waals surface area contributed by atoms with Gasteiger partial charge in [-0.05, 0) is 38.6 Å². The molecule has 1 rings (SSSR count). The van der Waals surface area contributed by atoms with Gasteiger partial charge in [0.05, 0.1) is 0 Å². The Kier molecular flexibility index (Phi) is 16.5. The normalized spacial score (nSPS) is 14.7. The number of rotatable bonds is 10. The van der Waals surface area contributed by atoms with E-state index in [0.29, 0.717) is 12.8 Å². The molecular weight excluding hydrogens is 366 g/mol. The van der Waals surface area contributed by atoms with E-state index in [1.807, 2.05) is 0 Å². The summed E-state index contributed by atoms with van der Waals surface area (Å²) in [5.41, 5.74) is 0. The third-order valence-electron chi connectivity index (χ3n) is 3.17. The lowest BCUT2D eigenvalue weighted by Crippen LogP contribution is -2.29. The van der Waals surface area contributed by atoms with Crippen LogP contribution in [-0.4, -0.2) is 68.0 Å². The second kappa shape index (κ2) is 16.8. The molecular formula is C16H27NO10. The second-order valence-electron chi connectivity index (χ2n) is 5.62. The quantitative estimate of drug-likeness (QED) is 0.288. The van der Waals surface area contributed by atoms with Gasteiger partial charge >= 0.3 is 29.8 Å². The first-order chi connectivity index (χ1) is 12.6. The van der Waals surface area contributed by atoms with Crippen molar-refractivity contribution < 1.29 is 49.5 Å². The number of nitrogens with one attached hydrogen (secondary N) is 1. The number of aliphatic carboxylic acids is 5. The van der Waals surface area contributed by atoms with E-state index in [-0.39, 0.29) is 38.1 Å². The fraction of sp³-hybridized carbons (Fsp3) is 0.688. The fourth-order valence-corrected chi connectivity index (χ4v) is 1.84. The molecule has 0 radical (unpaired) electrons. The Morgan fingerprint density at radius 3 is 1.26 bits per heavy atom. The largest absolute Gasteiger partial charge is 0.481 e. The predicted octanol–water partition coefficient (Wildman–Crippen LogP) is 0.865. The highest BCUT2D eigenvalue weighted by atomic mass is 16.4. The summed E-state index contributed by atoms with van der Waals surface area (Å²) in [5.74, 6) is -4.36. The van der Waals surface area contributed by atoms with Crippen molar-refractivity contribution in [3.05, 3.63) is 0 Å². The van der Waals surface area contributed by atoms with Gasteiger partial charge in [0.1, 0.15) is 6.04 Å². The SMILES string of the molecule is O=C(O)CCCC(=O)O.O=C(O)CCCCC(=O)O.O=C(O)[C@@H]1CCCN1. The van der Waals surface area contributed by atoms with E-state index >= 15 is 0 Å². The topological polar surface area (TPSA) is 199 Å². The highest BCUT2D eigenvalue weighted by Crippen LogP contribution is 2.03. The minimum absolute atomic E-state index is 0.0628. The van der Waals surface area contributed by atoms with Crippen molar-refractivity contribution >= 4 is 29.8 Å². The van der Waals surface area contributed by atoms with Crippen molar-refractivity contribution in [1.82, 2.24) is 5.32 Å². The van der Waals surface area contributed by atoms with Gasteiger partial charge in [-0.15, -0.1) is 0 Å². The molecule has 0 saturated carbocycles. The van der Waals surface area contributed by atoms with Gasteiger partial charge in [-0.3, -0.25) is 24.0 Å². The van der Waals surface area contributed by atoms with Gasteiger partial charge in [-0.25, -0.2) is 0 Å². The molecule has 27 heavy (non-hydrogen) atoms. The molecule has 1 aliphatic rings. The molecule has 1 heterocycles. The molecule has 1 atom stereocenters. The first kappa shape index (κ1) is 26.5. The van der Waals surface area contributed by atoms with E-state index in [1.54, 1.807) is 0 Å². The Balaban J connectivity index is 0. The van der Waals surface area contributed by atoms with Crippen LogP contribution in [0.3, 0.4) is 0 Å². The van der Waals surface area contributed by atoms with Crippen LogP contribution in [0.5, 0.6) is 0 Å². The van der Waals surface area contributed by atoms with Crippen LogP contribution in [0.2, 0.25) is 0 Å². The minimum Gasteiger partial charge on any atom is -0.481 e. The van der Waals surface area contributed by atoms with Crippen LogP contribution in [-0.2, 0) is 24.0 Å². The summed E-state index contributed by atoms with van der Waals surface area (Å²) < 4.78 is 0. The molecule has 0 aliphatic carbocycles. The molecule has 11 heteroatoms. The molecule has 0 aromatic heterocycles. The maximum absolute atomic E-state index is 10.1. The van der Waals surface area contributed by atoms with Crippen LogP contribution in [0.1, 0.15) is 57.8 Å². The molecule has 0 bridgehead atoms. The zero-order valence-corrected chi connectivity index (χ0v) is 14.9. The molecule has 0 amide bonds. The number of hydrogen-bond donors (Lipinski definition) is 6. The molecule has 0 aromatic rings. The maximum Gasteiger partial charge on any atom is 0.320 e. The Morgan fingerprint density at radius 1 is 0.667 bits per heavy atom. The van der Waals surface area contributed by atoms with Crippen LogP contribution >= 0.6 is 0 Å². The molecule has 1 saturated heterocycles. The summed E-state index contributed by atoms with van der Waals surface area (Å²) in [6.45, 7) is 0.858. The van der Waals surface area contributed by atoms with Gasteiger partial charge in [0.2, 0.25) is 0 Å². The maximum atomic E-state index is 10.1. The van der Waals surface area contributed by atoms with Crippen LogP contribution in [0.25, 0.3) is 0 Å². The molecule has 1 fully saturated rings. The van der Waals surface area contributed by atoms with Crippen LogP contribution < -0.4 is 5.32 Å². The molecule has 6 N–H and O–H groups in total. The molecule has 0 aromatic carbocycles. The number of hydrogen-bond acceptors (Lipinski definition) is 6. The number of carboxylic acid groups (broad SMARTS) is 5. The van der Waals surface area contributed by atoms with E-state index in [2.05, 4.69) is 5.32 Å². The second-order valence-corrected chi connectivity index (χ2v) is 5.62. The van der Waals surface area contributed by atoms with Crippen LogP contribution in [0.4, 0.5) is 0 Å². The van der Waals surface area contributed by atoms with Gasteiger partial charge in [0, 0.05) is 25.7 Å². The zero-order valence-electron chi connectivity index (χ0n) is 14.9. The predicted molar refractivity (Wildman–Crippen MR) is 91.5 cm³/mol. The van der Waals surface area contributed by atoms with Gasteiger partial charge in [-0.2, -0.15) is 0 Å². The monoisotopic (exact) mass is 393 g/mol. The Morgan fingerprint density at radius 2 is 1.04 bits per heavy atom. The number of carboxylic acids is 5. The average molecular weight is 393 g/mol. The highest BCUT2D eigenvalue weighted by Gasteiger charge is 2.20. The molecule has 156 valence electrons. The van der Waals surface area contributed by atoms with E-state index in [4.69, 9.17) is 25.5 Å². The lowest BCUT2D eigenvalue weighted by molar-refractivity contribution is -0.140. The van der Waals surface area contributed by atoms with Crippen molar-refractivity contribution in [2.75, 3.05) is 6.54 Å². The van der Waals surface area contributed by atoms with Crippen molar-refractivity contribution in [2.24, 2.45) is 0 Å². The van der Waals surface area contributed by atoms with E-state index < -0.39 is 29.8 Å². The van der Waals surface area contributed by atoms with Gasteiger partial charge in [0.25, 0.3) is 0 Å². The molecule has 11 nitrogen and oxygen atoms in total. The fourth-order valence-electron chi connectivity index (χ4n) is 1.84. The lowest BCUT2D eigenvalue weighted by Gasteiger charge is -1.99. The first-order valence-electron chi connectivity index (χ1n) is 8.39. The number of unbranched alkanes of at least 4 members (excludes halogenated alkanes) is 1. The van der Waals surface area contributed by atoms with Gasteiger partial charge in [0.15, 0.2) is 0 Å². The third kappa shape index (κ3) is 23.3. The highest BCUT2D eigenvalue weighted by molar-refractivity contribution is 5.73. The van der Waals surface area contributed by atoms with E-state index in [0.717, 1.165) is 19.4 Å². The summed E-state index contributed by atoms with van der Waals surface area (Å²) in [6, 6.07) is -0.269. The lowest BCUT2D eigenvalue weighted by atomic mass is 10.2. The van der Waals surface area contributed by atoms with Gasteiger partial charge < -0.3 is 30.8 Å². The van der Waals surface area contributed by atoms with Crippen LogP contribution in [0, 0.1) is 0 Å². The standard InChI is InChI=1S/C6H10O4.C5H9NO2.C5H8O4/c7-5(8)3-1-2-4-6(9)10;7-5(8)4-2-1-3-6-4;6-4(7)2-1-3-5(8)9/h1-4H2,(H,7,8)(H,9,10);4,6H,1-3H2,(H,7,8);1-3H2,(H,6,7)(H,8,9)/t;4-;/m.0./s1. The number of carbonyl (C=O) groups is 5.